The molecule has 0 aromatic heterocycles. The summed E-state index contributed by atoms with van der Waals surface area (Å²) in [5.74, 6) is 2.40. The third-order valence-corrected chi connectivity index (χ3v) is 6.63. The van der Waals surface area contributed by atoms with E-state index in [1.165, 1.54) is 0 Å². The first-order chi connectivity index (χ1) is 12.6. The van der Waals surface area contributed by atoms with Crippen molar-refractivity contribution in [1.29, 1.82) is 0 Å². The van der Waals surface area contributed by atoms with Crippen LogP contribution in [0.3, 0.4) is 0 Å². The smallest absolute Gasteiger partial charge is 0.191 e. The van der Waals surface area contributed by atoms with E-state index >= 15 is 0 Å². The number of nitrogens with zero attached hydrogens (tertiary/aromatic N) is 1. The number of aliphatic imine (C=N–C) groups is 1. The van der Waals surface area contributed by atoms with Gasteiger partial charge in [-0.3, -0.25) is 4.21 Å². The molecule has 5 nitrogen and oxygen atoms in total. The summed E-state index contributed by atoms with van der Waals surface area (Å²) in [4.78, 5) is 4.62. The molecule has 0 heterocycles. The van der Waals surface area contributed by atoms with Gasteiger partial charge in [-0.25, -0.2) is 4.99 Å². The van der Waals surface area contributed by atoms with E-state index in [1.54, 1.807) is 0 Å². The van der Waals surface area contributed by atoms with E-state index in [9.17, 15) is 4.21 Å². The molecule has 7 heteroatoms. The van der Waals surface area contributed by atoms with Gasteiger partial charge in [-0.15, -0.1) is 0 Å². The van der Waals surface area contributed by atoms with Gasteiger partial charge in [0.1, 0.15) is 12.4 Å². The average molecular weight is 444 g/mol. The van der Waals surface area contributed by atoms with Crippen LogP contribution in [0.25, 0.3) is 0 Å². The van der Waals surface area contributed by atoms with Crippen LogP contribution >= 0.6 is 15.9 Å². The summed E-state index contributed by atoms with van der Waals surface area (Å²) in [7, 11) is -0.707. The Labute approximate surface area is 168 Å². The lowest BCUT2D eigenvalue weighted by Crippen LogP contribution is -2.46. The first-order valence-corrected chi connectivity index (χ1v) is 11.6. The molecule has 0 aliphatic heterocycles. The van der Waals surface area contributed by atoms with Gasteiger partial charge in [-0.05, 0) is 44.4 Å². The molecule has 0 spiro atoms. The number of nitrogens with one attached hydrogen (secondary N) is 2. The molecule has 26 heavy (non-hydrogen) atoms. The second-order valence-electron chi connectivity index (χ2n) is 6.37. The Morgan fingerprint density at radius 2 is 2.23 bits per heavy atom. The largest absolute Gasteiger partial charge is 0.492 e. The van der Waals surface area contributed by atoms with Gasteiger partial charge in [0.05, 0.1) is 6.54 Å². The minimum absolute atomic E-state index is 0.314. The number of rotatable bonds is 8. The molecule has 3 atom stereocenters. The Kier molecular flexibility index (Phi) is 9.46. The number of halogens is 1. The minimum atomic E-state index is -0.707. The fraction of sp³-hybridized carbons (Fsp3) is 0.632. The molecule has 0 saturated heterocycles. The summed E-state index contributed by atoms with van der Waals surface area (Å²) in [6.07, 6.45) is 4.27. The molecular weight excluding hydrogens is 414 g/mol. The van der Waals surface area contributed by atoms with Gasteiger partial charge in [0.25, 0.3) is 0 Å². The molecule has 0 bridgehead atoms. The Morgan fingerprint density at radius 1 is 1.38 bits per heavy atom. The van der Waals surface area contributed by atoms with Crippen molar-refractivity contribution in [2.45, 2.75) is 50.8 Å². The van der Waals surface area contributed by atoms with Gasteiger partial charge in [-0.2, -0.15) is 0 Å². The molecule has 0 amide bonds. The summed E-state index contributed by atoms with van der Waals surface area (Å²) in [5, 5.41) is 7.12. The molecule has 0 radical (unpaired) electrons. The number of ether oxygens (including phenoxy) is 1. The first kappa shape index (κ1) is 21.2. The van der Waals surface area contributed by atoms with Crippen molar-refractivity contribution in [3.8, 4) is 5.75 Å². The van der Waals surface area contributed by atoms with E-state index in [1.807, 2.05) is 31.2 Å². The summed E-state index contributed by atoms with van der Waals surface area (Å²) in [6, 6.07) is 8.15. The van der Waals surface area contributed by atoms with Crippen LogP contribution in [0.15, 0.2) is 33.7 Å². The van der Waals surface area contributed by atoms with Crippen LogP contribution in [0, 0.1) is 0 Å². The summed E-state index contributed by atoms with van der Waals surface area (Å²) < 4.78 is 18.9. The summed E-state index contributed by atoms with van der Waals surface area (Å²) in [5.41, 5.74) is 0. The molecule has 1 aromatic carbocycles. The van der Waals surface area contributed by atoms with Crippen molar-refractivity contribution >= 4 is 32.7 Å². The molecule has 146 valence electrons. The standard InChI is InChI=1S/C19H30BrN3O2S/c1-3-21-19(22-11-12-25-17-9-5-7-15(20)13-17)23-16-8-6-10-18(14-16)26(24)4-2/h5,7,9,13,16,18H,3-4,6,8,10-12,14H2,1-2H3,(H2,21,22,23). The zero-order valence-electron chi connectivity index (χ0n) is 15.7. The van der Waals surface area contributed by atoms with Crippen molar-refractivity contribution in [2.75, 3.05) is 25.4 Å². The number of guanidine groups is 1. The van der Waals surface area contributed by atoms with Crippen molar-refractivity contribution in [2.24, 2.45) is 4.99 Å². The maximum atomic E-state index is 12.1. The van der Waals surface area contributed by atoms with Crippen LogP contribution in [0.1, 0.15) is 39.5 Å². The Balaban J connectivity index is 1.82. The topological polar surface area (TPSA) is 62.7 Å². The van der Waals surface area contributed by atoms with Crippen LogP contribution in [0.2, 0.25) is 0 Å². The molecule has 2 N–H and O–H groups in total. The second-order valence-corrected chi connectivity index (χ2v) is 9.29. The normalized spacial score (nSPS) is 21.9. The molecular formula is C19H30BrN3O2S. The van der Waals surface area contributed by atoms with Crippen LogP contribution in [-0.2, 0) is 10.8 Å². The number of hydrogen-bond acceptors (Lipinski definition) is 3. The van der Waals surface area contributed by atoms with E-state index in [4.69, 9.17) is 4.74 Å². The lowest BCUT2D eigenvalue weighted by Gasteiger charge is -2.30. The van der Waals surface area contributed by atoms with E-state index in [0.29, 0.717) is 24.4 Å². The van der Waals surface area contributed by atoms with Gasteiger partial charge in [0.2, 0.25) is 0 Å². The third kappa shape index (κ3) is 7.27. The monoisotopic (exact) mass is 443 g/mol. The molecule has 1 saturated carbocycles. The molecule has 3 unspecified atom stereocenters. The van der Waals surface area contributed by atoms with Crippen LogP contribution in [-0.4, -0.2) is 46.9 Å². The third-order valence-electron chi connectivity index (χ3n) is 4.39. The lowest BCUT2D eigenvalue weighted by molar-refractivity contribution is 0.328. The van der Waals surface area contributed by atoms with E-state index in [-0.39, 0.29) is 0 Å². The maximum absolute atomic E-state index is 12.1. The van der Waals surface area contributed by atoms with Crippen molar-refractivity contribution in [3.63, 3.8) is 0 Å². The minimum Gasteiger partial charge on any atom is -0.492 e. The highest BCUT2D eigenvalue weighted by Gasteiger charge is 2.25. The predicted octanol–water partition coefficient (Wildman–Crippen LogP) is 3.46. The maximum Gasteiger partial charge on any atom is 0.191 e. The average Bonchev–Trinajstić information content (AvgIpc) is 2.65. The van der Waals surface area contributed by atoms with Gasteiger partial charge in [0, 0.05) is 38.9 Å². The summed E-state index contributed by atoms with van der Waals surface area (Å²) in [6.45, 7) is 5.99. The number of benzene rings is 1. The Bertz CT molecular complexity index is 612. The zero-order valence-corrected chi connectivity index (χ0v) is 18.1. The molecule has 1 aromatic rings. The highest BCUT2D eigenvalue weighted by atomic mass is 79.9. The zero-order chi connectivity index (χ0) is 18.8. The fourth-order valence-corrected chi connectivity index (χ4v) is 4.87. The SMILES string of the molecule is CCNC(=NCCOc1cccc(Br)c1)NC1CCCC(S(=O)CC)C1. The Hall–Kier alpha value is -1.08. The van der Waals surface area contributed by atoms with Gasteiger partial charge in [-0.1, -0.05) is 35.3 Å². The van der Waals surface area contributed by atoms with E-state index in [0.717, 1.165) is 54.2 Å². The molecule has 1 aliphatic carbocycles. The molecule has 1 fully saturated rings. The fourth-order valence-electron chi connectivity index (χ4n) is 3.14. The van der Waals surface area contributed by atoms with Gasteiger partial charge >= 0.3 is 0 Å². The lowest BCUT2D eigenvalue weighted by atomic mass is 9.95. The highest BCUT2D eigenvalue weighted by molar-refractivity contribution is 9.10. The predicted molar refractivity (Wildman–Crippen MR) is 113 cm³/mol. The van der Waals surface area contributed by atoms with E-state index in [2.05, 4.69) is 38.5 Å². The highest BCUT2D eigenvalue weighted by Crippen LogP contribution is 2.23. The second kappa shape index (κ2) is 11.6. The first-order valence-electron chi connectivity index (χ1n) is 9.42. The van der Waals surface area contributed by atoms with E-state index < -0.39 is 10.8 Å². The Morgan fingerprint density at radius 3 is 2.96 bits per heavy atom. The van der Waals surface area contributed by atoms with Crippen molar-refractivity contribution in [1.82, 2.24) is 10.6 Å². The van der Waals surface area contributed by atoms with Gasteiger partial charge < -0.3 is 15.4 Å². The molecule has 1 aliphatic rings. The van der Waals surface area contributed by atoms with Crippen LogP contribution < -0.4 is 15.4 Å². The van der Waals surface area contributed by atoms with Crippen molar-refractivity contribution < 1.29 is 8.95 Å². The van der Waals surface area contributed by atoms with Crippen LogP contribution in [0.4, 0.5) is 0 Å². The summed E-state index contributed by atoms with van der Waals surface area (Å²) >= 11 is 3.44. The molecule has 2 rings (SSSR count). The quantitative estimate of drug-likeness (QED) is 0.366. The van der Waals surface area contributed by atoms with Gasteiger partial charge in [0.15, 0.2) is 5.96 Å². The number of hydrogen-bond donors (Lipinski definition) is 2. The van der Waals surface area contributed by atoms with Crippen molar-refractivity contribution in [3.05, 3.63) is 28.7 Å². The van der Waals surface area contributed by atoms with Crippen LogP contribution in [0.5, 0.6) is 5.75 Å².